The van der Waals surface area contributed by atoms with Crippen LogP contribution in [0.25, 0.3) is 11.0 Å². The smallest absolute Gasteiger partial charge is 0.258 e. The SMILES string of the molecule is Cc1csc2nc(CSCC=Cc3ccccc3)cc(=O)n12. The summed E-state index contributed by atoms with van der Waals surface area (Å²) < 4.78 is 1.66. The van der Waals surface area contributed by atoms with Crippen LogP contribution in [0, 0.1) is 6.92 Å². The first-order valence-electron chi connectivity index (χ1n) is 7.00. The molecule has 0 atom stereocenters. The van der Waals surface area contributed by atoms with Crippen LogP contribution in [0.2, 0.25) is 0 Å². The van der Waals surface area contributed by atoms with Gasteiger partial charge in [0.1, 0.15) is 0 Å². The Kier molecular flexibility index (Phi) is 4.75. The fraction of sp³-hybridized carbons (Fsp3) is 0.176. The van der Waals surface area contributed by atoms with Gasteiger partial charge in [0.2, 0.25) is 0 Å². The predicted octanol–water partition coefficient (Wildman–Crippen LogP) is 4.01. The Balaban J connectivity index is 1.60. The van der Waals surface area contributed by atoms with Crippen molar-refractivity contribution in [2.75, 3.05) is 5.75 Å². The number of aromatic nitrogens is 2. The van der Waals surface area contributed by atoms with E-state index in [0.717, 1.165) is 27.9 Å². The van der Waals surface area contributed by atoms with E-state index >= 15 is 0 Å². The second kappa shape index (κ2) is 6.94. The molecular formula is C17H16N2OS2. The summed E-state index contributed by atoms with van der Waals surface area (Å²) in [6, 6.07) is 11.9. The topological polar surface area (TPSA) is 34.4 Å². The molecule has 0 saturated carbocycles. The Labute approximate surface area is 137 Å². The van der Waals surface area contributed by atoms with Crippen molar-refractivity contribution in [2.45, 2.75) is 12.7 Å². The van der Waals surface area contributed by atoms with Gasteiger partial charge in [0.15, 0.2) is 4.96 Å². The van der Waals surface area contributed by atoms with Gasteiger partial charge in [-0.15, -0.1) is 11.3 Å². The van der Waals surface area contributed by atoms with Crippen LogP contribution in [0.4, 0.5) is 0 Å². The number of rotatable bonds is 5. The first-order chi connectivity index (χ1) is 10.7. The minimum Gasteiger partial charge on any atom is -0.269 e. The van der Waals surface area contributed by atoms with E-state index < -0.39 is 0 Å². The molecule has 3 rings (SSSR count). The van der Waals surface area contributed by atoms with E-state index in [0.29, 0.717) is 0 Å². The van der Waals surface area contributed by atoms with Gasteiger partial charge in [0.05, 0.1) is 5.69 Å². The Morgan fingerprint density at radius 2 is 2.14 bits per heavy atom. The lowest BCUT2D eigenvalue weighted by Crippen LogP contribution is -2.14. The molecule has 112 valence electrons. The molecule has 0 spiro atoms. The van der Waals surface area contributed by atoms with Gasteiger partial charge < -0.3 is 0 Å². The van der Waals surface area contributed by atoms with Gasteiger partial charge in [0.25, 0.3) is 5.56 Å². The first kappa shape index (κ1) is 15.1. The van der Waals surface area contributed by atoms with Crippen LogP contribution < -0.4 is 5.56 Å². The zero-order chi connectivity index (χ0) is 15.4. The standard InChI is InChI=1S/C17H16N2OS2/c1-13-11-22-17-18-15(10-16(20)19(13)17)12-21-9-5-8-14-6-3-2-4-7-14/h2-8,10-11H,9,12H2,1H3. The van der Waals surface area contributed by atoms with Crippen LogP contribution in [0.15, 0.2) is 52.6 Å². The molecule has 22 heavy (non-hydrogen) atoms. The third-order valence-corrected chi connectivity index (χ3v) is 5.07. The van der Waals surface area contributed by atoms with Crippen molar-refractivity contribution in [2.24, 2.45) is 0 Å². The van der Waals surface area contributed by atoms with Crippen molar-refractivity contribution in [1.82, 2.24) is 9.38 Å². The molecule has 2 heterocycles. The molecule has 0 unspecified atom stereocenters. The number of thiazole rings is 1. The van der Waals surface area contributed by atoms with Crippen LogP contribution in [0.5, 0.6) is 0 Å². The first-order valence-corrected chi connectivity index (χ1v) is 9.03. The molecule has 0 aliphatic rings. The van der Waals surface area contributed by atoms with Gasteiger partial charge in [-0.1, -0.05) is 42.5 Å². The van der Waals surface area contributed by atoms with Crippen molar-refractivity contribution in [1.29, 1.82) is 0 Å². The maximum absolute atomic E-state index is 12.1. The molecule has 0 N–H and O–H groups in total. The van der Waals surface area contributed by atoms with Crippen molar-refractivity contribution >= 4 is 34.1 Å². The summed E-state index contributed by atoms with van der Waals surface area (Å²) in [5.74, 6) is 1.65. The third kappa shape index (κ3) is 3.48. The minimum absolute atomic E-state index is 0.0131. The quantitative estimate of drug-likeness (QED) is 0.664. The fourth-order valence-electron chi connectivity index (χ4n) is 2.15. The lowest BCUT2D eigenvalue weighted by molar-refractivity contribution is 0.998. The molecule has 0 aliphatic heterocycles. The highest BCUT2D eigenvalue weighted by molar-refractivity contribution is 7.98. The lowest BCUT2D eigenvalue weighted by atomic mass is 10.2. The summed E-state index contributed by atoms with van der Waals surface area (Å²) in [5, 5.41) is 1.96. The van der Waals surface area contributed by atoms with Crippen LogP contribution in [-0.2, 0) is 5.75 Å². The highest BCUT2D eigenvalue weighted by atomic mass is 32.2. The number of aryl methyl sites for hydroxylation is 1. The van der Waals surface area contributed by atoms with E-state index in [1.807, 2.05) is 30.5 Å². The van der Waals surface area contributed by atoms with Gasteiger partial charge in [0, 0.05) is 28.6 Å². The number of hydrogen-bond acceptors (Lipinski definition) is 4. The highest BCUT2D eigenvalue weighted by Gasteiger charge is 2.05. The molecule has 3 nitrogen and oxygen atoms in total. The monoisotopic (exact) mass is 328 g/mol. The minimum atomic E-state index is 0.0131. The molecule has 5 heteroatoms. The molecular weight excluding hydrogens is 312 g/mol. The summed E-state index contributed by atoms with van der Waals surface area (Å²) in [7, 11) is 0. The molecule has 3 aromatic rings. The van der Waals surface area contributed by atoms with Crippen molar-refractivity contribution in [3.05, 3.63) is 75.2 Å². The molecule has 2 aromatic heterocycles. The van der Waals surface area contributed by atoms with E-state index in [1.54, 1.807) is 22.2 Å². The summed E-state index contributed by atoms with van der Waals surface area (Å²) in [6.07, 6.45) is 4.25. The largest absolute Gasteiger partial charge is 0.269 e. The van der Waals surface area contributed by atoms with E-state index in [4.69, 9.17) is 0 Å². The number of thioether (sulfide) groups is 1. The average molecular weight is 328 g/mol. The Morgan fingerprint density at radius 3 is 2.95 bits per heavy atom. The normalized spacial score (nSPS) is 11.5. The predicted molar refractivity (Wildman–Crippen MR) is 95.7 cm³/mol. The summed E-state index contributed by atoms with van der Waals surface area (Å²) in [5.41, 5.74) is 3.02. The van der Waals surface area contributed by atoms with E-state index in [-0.39, 0.29) is 5.56 Å². The molecule has 0 bridgehead atoms. The van der Waals surface area contributed by atoms with E-state index in [1.165, 1.54) is 16.9 Å². The Bertz CT molecular complexity index is 850. The Hall–Kier alpha value is -1.85. The van der Waals surface area contributed by atoms with Gasteiger partial charge in [-0.2, -0.15) is 11.8 Å². The molecule has 0 radical (unpaired) electrons. The van der Waals surface area contributed by atoms with Crippen molar-refractivity contribution < 1.29 is 0 Å². The van der Waals surface area contributed by atoms with Gasteiger partial charge in [-0.3, -0.25) is 9.20 Å². The van der Waals surface area contributed by atoms with Gasteiger partial charge in [-0.05, 0) is 12.5 Å². The number of fused-ring (bicyclic) bond motifs is 1. The number of hydrogen-bond donors (Lipinski definition) is 0. The molecule has 0 fully saturated rings. The van der Waals surface area contributed by atoms with E-state index in [2.05, 4.69) is 29.3 Å². The van der Waals surface area contributed by atoms with Crippen molar-refractivity contribution in [3.8, 4) is 0 Å². The van der Waals surface area contributed by atoms with Crippen LogP contribution in [0.1, 0.15) is 17.0 Å². The van der Waals surface area contributed by atoms with Crippen LogP contribution in [0.3, 0.4) is 0 Å². The molecule has 0 aliphatic carbocycles. The summed E-state index contributed by atoms with van der Waals surface area (Å²) >= 11 is 3.27. The summed E-state index contributed by atoms with van der Waals surface area (Å²) in [4.78, 5) is 17.4. The molecule has 0 amide bonds. The van der Waals surface area contributed by atoms with Crippen LogP contribution in [-0.4, -0.2) is 15.1 Å². The second-order valence-corrected chi connectivity index (χ2v) is 6.78. The average Bonchev–Trinajstić information content (AvgIpc) is 2.90. The number of benzene rings is 1. The summed E-state index contributed by atoms with van der Waals surface area (Å²) in [6.45, 7) is 1.93. The van der Waals surface area contributed by atoms with Crippen molar-refractivity contribution in [3.63, 3.8) is 0 Å². The highest BCUT2D eigenvalue weighted by Crippen LogP contribution is 2.15. The molecule has 1 aromatic carbocycles. The fourth-order valence-corrected chi connectivity index (χ4v) is 3.75. The van der Waals surface area contributed by atoms with E-state index in [9.17, 15) is 4.79 Å². The zero-order valence-electron chi connectivity index (χ0n) is 12.2. The maximum atomic E-state index is 12.1. The lowest BCUT2D eigenvalue weighted by Gasteiger charge is -2.00. The third-order valence-electron chi connectivity index (χ3n) is 3.20. The van der Waals surface area contributed by atoms with Crippen LogP contribution >= 0.6 is 23.1 Å². The van der Waals surface area contributed by atoms with Gasteiger partial charge in [-0.25, -0.2) is 4.98 Å². The number of nitrogens with zero attached hydrogens (tertiary/aromatic N) is 2. The Morgan fingerprint density at radius 1 is 1.32 bits per heavy atom. The zero-order valence-corrected chi connectivity index (χ0v) is 13.9. The van der Waals surface area contributed by atoms with Gasteiger partial charge >= 0.3 is 0 Å². The molecule has 0 saturated heterocycles. The second-order valence-electron chi connectivity index (χ2n) is 4.91. The maximum Gasteiger partial charge on any atom is 0.258 e.